The molecule has 0 aliphatic carbocycles. The number of aliphatic carboxylic acids is 1. The number of aromatic amines is 2. The van der Waals surface area contributed by atoms with Crippen LogP contribution in [0.2, 0.25) is 0 Å². The Balaban J connectivity index is 1.57. The number of fused-ring (bicyclic) bond motifs is 8. The van der Waals surface area contributed by atoms with Crippen LogP contribution in [-0.2, 0) is 4.79 Å². The second-order valence-electron chi connectivity index (χ2n) is 15.0. The average Bonchev–Trinajstić information content (AvgIpc) is 4.21. The molecule has 26 heteroatoms. The van der Waals surface area contributed by atoms with Crippen LogP contribution in [0.15, 0.2) is 29.2 Å². The number of benzene rings is 4. The van der Waals surface area contributed by atoms with Crippen LogP contribution >= 0.6 is 11.8 Å². The zero-order valence-electron chi connectivity index (χ0n) is 34.2. The molecule has 0 spiro atoms. The molecule has 5 heterocycles. The van der Waals surface area contributed by atoms with Gasteiger partial charge in [0.25, 0.3) is 0 Å². The van der Waals surface area contributed by atoms with Gasteiger partial charge >= 0.3 is 5.97 Å². The molecule has 9 rings (SSSR count). The molecule has 3 aromatic heterocycles. The number of carboxylic acid groups (broad SMARTS) is 1. The third kappa shape index (κ3) is 7.36. The third-order valence-electron chi connectivity index (χ3n) is 10.9. The van der Waals surface area contributed by atoms with Crippen molar-refractivity contribution in [3.8, 4) is 44.5 Å². The quantitative estimate of drug-likeness (QED) is 0.0640. The molecule has 2 aliphatic heterocycles. The Kier molecular flexibility index (Phi) is 12.0. The summed E-state index contributed by atoms with van der Waals surface area (Å²) >= 11 is -0.244. The van der Waals surface area contributed by atoms with Crippen LogP contribution in [0.25, 0.3) is 90.9 Å². The number of carbonyl (C=O) groups is 1. The summed E-state index contributed by atoms with van der Waals surface area (Å²) in [4.78, 5) is 22.1. The summed E-state index contributed by atoms with van der Waals surface area (Å²) in [5, 5.41) is 9.06. The Morgan fingerprint density at radius 1 is 0.347 bits per heavy atom. The van der Waals surface area contributed by atoms with Crippen LogP contribution in [-0.4, -0.2) is 36.8 Å². The molecule has 0 saturated heterocycles. The van der Waals surface area contributed by atoms with E-state index in [0.717, 1.165) is 0 Å². The lowest BCUT2D eigenvalue weighted by atomic mass is 10.0. The topological polar surface area (TPSA) is 94.7 Å². The number of H-pyrrole nitrogens is 2. The summed E-state index contributed by atoms with van der Waals surface area (Å²) < 4.78 is 293. The number of carboxylic acids is 1. The summed E-state index contributed by atoms with van der Waals surface area (Å²) in [6, 6.07) is 2.58. The van der Waals surface area contributed by atoms with Gasteiger partial charge < -0.3 is 15.1 Å². The molecular formula is C46H13F19N4O2S. The highest BCUT2D eigenvalue weighted by molar-refractivity contribution is 8.00. The molecule has 8 bridgehead atoms. The molecule has 368 valence electrons. The molecule has 0 fully saturated rings. The van der Waals surface area contributed by atoms with Gasteiger partial charge in [-0.2, -0.15) is 0 Å². The van der Waals surface area contributed by atoms with Crippen LogP contribution in [0.5, 0.6) is 0 Å². The number of rotatable bonds is 7. The van der Waals surface area contributed by atoms with Crippen molar-refractivity contribution >= 4 is 64.1 Å². The number of nitrogens with zero attached hydrogens (tertiary/aromatic N) is 2. The van der Waals surface area contributed by atoms with E-state index in [4.69, 9.17) is 5.11 Å². The van der Waals surface area contributed by atoms with E-state index in [-0.39, 0.29) is 11.8 Å². The fraction of sp³-hybridized carbons (Fsp3) is 0.0217. The molecule has 4 aromatic carbocycles. The molecular weight excluding hydrogens is 1030 g/mol. The molecule has 72 heavy (non-hydrogen) atoms. The van der Waals surface area contributed by atoms with Gasteiger partial charge in [0.2, 0.25) is 17.5 Å². The van der Waals surface area contributed by atoms with Crippen LogP contribution in [0.3, 0.4) is 0 Å². The van der Waals surface area contributed by atoms with E-state index in [1.54, 1.807) is 0 Å². The number of halogens is 19. The van der Waals surface area contributed by atoms with Crippen LogP contribution in [0.1, 0.15) is 22.8 Å². The van der Waals surface area contributed by atoms with Crippen molar-refractivity contribution in [2.75, 3.05) is 5.75 Å². The Labute approximate surface area is 389 Å². The first-order valence-corrected chi connectivity index (χ1v) is 20.4. The van der Waals surface area contributed by atoms with Gasteiger partial charge in [-0.05, 0) is 48.6 Å². The zero-order valence-corrected chi connectivity index (χ0v) is 35.0. The van der Waals surface area contributed by atoms with Crippen LogP contribution in [0, 0.1) is 111 Å². The molecule has 7 aromatic rings. The first kappa shape index (κ1) is 49.0. The second kappa shape index (κ2) is 17.7. The van der Waals surface area contributed by atoms with E-state index in [1.165, 1.54) is 0 Å². The SMILES string of the molecule is O=C(O)CSc1c(F)c(F)c(-c2c3nc(c(-c4c(F)c(F)c(F)c(F)c4F)c4ccc([nH]4)c(-c4c(F)c(F)c(F)c(F)c4F)c4nc(c(-c5c(F)c(F)c(F)c(F)c5F)c5ccc2[nH]5)C=C4)C=C3)c(F)c1F. The minimum Gasteiger partial charge on any atom is -0.481 e. The van der Waals surface area contributed by atoms with Crippen molar-refractivity contribution in [2.45, 2.75) is 4.90 Å². The molecule has 0 radical (unpaired) electrons. The maximum atomic E-state index is 16.4. The van der Waals surface area contributed by atoms with E-state index in [9.17, 15) is 26.7 Å². The fourth-order valence-electron chi connectivity index (χ4n) is 7.82. The van der Waals surface area contributed by atoms with Gasteiger partial charge in [0.05, 0.1) is 55.7 Å². The number of hydrogen-bond donors (Lipinski definition) is 3. The average molecular weight is 1050 g/mol. The van der Waals surface area contributed by atoms with Gasteiger partial charge in [0.15, 0.2) is 93.1 Å². The summed E-state index contributed by atoms with van der Waals surface area (Å²) in [7, 11) is 0. The Morgan fingerprint density at radius 3 is 0.778 bits per heavy atom. The van der Waals surface area contributed by atoms with Crippen molar-refractivity contribution in [2.24, 2.45) is 0 Å². The lowest BCUT2D eigenvalue weighted by Gasteiger charge is -2.13. The van der Waals surface area contributed by atoms with Crippen LogP contribution in [0.4, 0.5) is 83.4 Å². The first-order valence-electron chi connectivity index (χ1n) is 19.4. The van der Waals surface area contributed by atoms with Gasteiger partial charge in [0, 0.05) is 44.3 Å². The molecule has 0 amide bonds. The minimum atomic E-state index is -2.72. The van der Waals surface area contributed by atoms with E-state index >= 15 is 61.5 Å². The van der Waals surface area contributed by atoms with Crippen molar-refractivity contribution in [1.82, 2.24) is 19.9 Å². The zero-order chi connectivity index (χ0) is 52.3. The van der Waals surface area contributed by atoms with E-state index in [2.05, 4.69) is 19.9 Å². The number of nitrogens with one attached hydrogen (secondary N) is 2. The van der Waals surface area contributed by atoms with Gasteiger partial charge in [-0.15, -0.1) is 11.8 Å². The monoisotopic (exact) mass is 1050 g/mol. The molecule has 6 nitrogen and oxygen atoms in total. The summed E-state index contributed by atoms with van der Waals surface area (Å²) in [6.07, 6.45) is 2.47. The normalized spacial score (nSPS) is 12.2. The molecule has 0 atom stereocenters. The Bertz CT molecular complexity index is 3680. The van der Waals surface area contributed by atoms with E-state index in [1.807, 2.05) is 0 Å². The van der Waals surface area contributed by atoms with Gasteiger partial charge in [0.1, 0.15) is 0 Å². The lowest BCUT2D eigenvalue weighted by Crippen LogP contribution is -2.06. The molecule has 0 saturated carbocycles. The van der Waals surface area contributed by atoms with Crippen LogP contribution < -0.4 is 0 Å². The predicted molar refractivity (Wildman–Crippen MR) is 218 cm³/mol. The lowest BCUT2D eigenvalue weighted by molar-refractivity contribution is -0.133. The van der Waals surface area contributed by atoms with Crippen molar-refractivity contribution < 1.29 is 93.3 Å². The highest BCUT2D eigenvalue weighted by atomic mass is 32.2. The Hall–Kier alpha value is -8.03. The second-order valence-corrected chi connectivity index (χ2v) is 16.0. The number of aromatic nitrogens is 4. The van der Waals surface area contributed by atoms with E-state index < -0.39 is 216 Å². The highest BCUT2D eigenvalue weighted by Gasteiger charge is 2.35. The number of thioether (sulfide) groups is 1. The summed E-state index contributed by atoms with van der Waals surface area (Å²) in [6.45, 7) is 0. The summed E-state index contributed by atoms with van der Waals surface area (Å²) in [5.41, 5.74) is -20.2. The van der Waals surface area contributed by atoms with Gasteiger partial charge in [-0.1, -0.05) is 0 Å². The number of hydrogen-bond acceptors (Lipinski definition) is 4. The maximum absolute atomic E-state index is 16.4. The minimum absolute atomic E-state index is 0.244. The smallest absolute Gasteiger partial charge is 0.313 e. The Morgan fingerprint density at radius 2 is 0.556 bits per heavy atom. The van der Waals surface area contributed by atoms with Crippen molar-refractivity contribution in [1.29, 1.82) is 0 Å². The third-order valence-corrected chi connectivity index (χ3v) is 12.0. The summed E-state index contributed by atoms with van der Waals surface area (Å²) in [5.74, 6) is -51.6. The van der Waals surface area contributed by atoms with Gasteiger partial charge in [-0.25, -0.2) is 93.4 Å². The van der Waals surface area contributed by atoms with Crippen molar-refractivity contribution in [3.05, 3.63) is 158 Å². The van der Waals surface area contributed by atoms with Crippen molar-refractivity contribution in [3.63, 3.8) is 0 Å². The molecule has 3 N–H and O–H groups in total. The molecule has 2 aliphatic rings. The molecule has 0 unspecified atom stereocenters. The fourth-order valence-corrected chi connectivity index (χ4v) is 8.52. The predicted octanol–water partition coefficient (Wildman–Crippen LogP) is 14.1. The maximum Gasteiger partial charge on any atom is 0.313 e. The van der Waals surface area contributed by atoms with Gasteiger partial charge in [-0.3, -0.25) is 4.79 Å². The first-order chi connectivity index (χ1) is 34.0. The van der Waals surface area contributed by atoms with E-state index in [0.29, 0.717) is 48.6 Å². The highest BCUT2D eigenvalue weighted by Crippen LogP contribution is 2.45. The standard InChI is InChI=1S/C46H13F19N4O2S/c47-27-23(28(48)36(56)41(61)35(27)55)19-10-1-3-12(66-10)20(24-29(49)37(57)42(62)38(58)30(24)50)14-5-7-16(68-14)22(26-33(53)44(64)46(45(65)34(26)54)72-9-18(70)71)17-8-6-15(69-17)21(13-4-2-11(19)67-13)25-31(51)39(59)43(63)40(60)32(25)52/h1-8,66,69H,9H2,(H,70,71). The largest absolute Gasteiger partial charge is 0.481 e.